The maximum atomic E-state index is 13.5. The number of nitrogens with one attached hydrogen (secondary N) is 2. The molecular weight excluding hydrogens is 529 g/mol. The van der Waals surface area contributed by atoms with E-state index in [4.69, 9.17) is 20.9 Å². The SMILES string of the molecule is Cc1cc(Cl)ccc1OC(C)C(=O)NCCNC(=O)c1nc(Cn2c(C(F)(F)F)nc3ccccc32)no1. The number of halogens is 4. The summed E-state index contributed by atoms with van der Waals surface area (Å²) >= 11 is 5.92. The number of rotatable bonds is 9. The van der Waals surface area contributed by atoms with Gasteiger partial charge in [-0.05, 0) is 49.7 Å². The number of amides is 2. The average Bonchev–Trinajstić information content (AvgIpc) is 3.49. The number of ether oxygens (including phenoxy) is 1. The van der Waals surface area contributed by atoms with Gasteiger partial charge in [-0.25, -0.2) is 4.98 Å². The first-order valence-corrected chi connectivity index (χ1v) is 11.7. The van der Waals surface area contributed by atoms with Crippen molar-refractivity contribution in [3.8, 4) is 5.75 Å². The number of carbonyl (C=O) groups is 2. The van der Waals surface area contributed by atoms with Crippen LogP contribution in [0.4, 0.5) is 13.2 Å². The van der Waals surface area contributed by atoms with Crippen LogP contribution in [0.15, 0.2) is 47.0 Å². The molecule has 0 saturated carbocycles. The minimum absolute atomic E-state index is 0.0271. The second-order valence-corrected chi connectivity index (χ2v) is 8.68. The van der Waals surface area contributed by atoms with E-state index in [-0.39, 0.29) is 29.9 Å². The van der Waals surface area contributed by atoms with Gasteiger partial charge in [0.15, 0.2) is 11.9 Å². The van der Waals surface area contributed by atoms with E-state index >= 15 is 0 Å². The molecule has 1 unspecified atom stereocenters. The fraction of sp³-hybridized carbons (Fsp3) is 0.292. The number of aryl methyl sites for hydroxylation is 1. The molecule has 2 amide bonds. The minimum Gasteiger partial charge on any atom is -0.481 e. The molecule has 0 aliphatic heterocycles. The number of alkyl halides is 3. The third-order valence-corrected chi connectivity index (χ3v) is 5.62. The first-order chi connectivity index (χ1) is 18.0. The summed E-state index contributed by atoms with van der Waals surface area (Å²) in [4.78, 5) is 32.2. The summed E-state index contributed by atoms with van der Waals surface area (Å²) in [5.41, 5.74) is 1.17. The number of para-hydroxylation sites is 2. The van der Waals surface area contributed by atoms with Crippen molar-refractivity contribution in [1.82, 2.24) is 30.3 Å². The van der Waals surface area contributed by atoms with Crippen molar-refractivity contribution in [3.63, 3.8) is 0 Å². The summed E-state index contributed by atoms with van der Waals surface area (Å²) in [5.74, 6) is -2.31. The highest BCUT2D eigenvalue weighted by Gasteiger charge is 2.38. The van der Waals surface area contributed by atoms with Crippen molar-refractivity contribution < 1.29 is 32.0 Å². The molecule has 38 heavy (non-hydrogen) atoms. The van der Waals surface area contributed by atoms with Gasteiger partial charge in [0.05, 0.1) is 17.6 Å². The fourth-order valence-electron chi connectivity index (χ4n) is 3.57. The van der Waals surface area contributed by atoms with Crippen LogP contribution in [-0.4, -0.2) is 50.7 Å². The lowest BCUT2D eigenvalue weighted by atomic mass is 10.2. The molecule has 0 aliphatic rings. The first kappa shape index (κ1) is 26.9. The van der Waals surface area contributed by atoms with E-state index in [1.807, 2.05) is 0 Å². The molecule has 2 aromatic heterocycles. The first-order valence-electron chi connectivity index (χ1n) is 11.4. The largest absolute Gasteiger partial charge is 0.481 e. The smallest absolute Gasteiger partial charge is 0.449 e. The van der Waals surface area contributed by atoms with E-state index in [0.29, 0.717) is 10.8 Å². The lowest BCUT2D eigenvalue weighted by molar-refractivity contribution is -0.146. The number of hydrogen-bond acceptors (Lipinski definition) is 7. The van der Waals surface area contributed by atoms with Gasteiger partial charge in [-0.1, -0.05) is 28.9 Å². The van der Waals surface area contributed by atoms with E-state index in [9.17, 15) is 22.8 Å². The number of aromatic nitrogens is 4. The lowest BCUT2D eigenvalue weighted by Gasteiger charge is -2.16. The second-order valence-electron chi connectivity index (χ2n) is 8.24. The van der Waals surface area contributed by atoms with E-state index in [1.165, 1.54) is 12.1 Å². The van der Waals surface area contributed by atoms with Gasteiger partial charge in [-0.3, -0.25) is 9.59 Å². The maximum absolute atomic E-state index is 13.5. The highest BCUT2D eigenvalue weighted by molar-refractivity contribution is 6.30. The molecule has 200 valence electrons. The van der Waals surface area contributed by atoms with Crippen molar-refractivity contribution >= 4 is 34.4 Å². The normalized spacial score (nSPS) is 12.4. The minimum atomic E-state index is -4.70. The van der Waals surface area contributed by atoms with E-state index in [2.05, 4.69) is 25.8 Å². The monoisotopic (exact) mass is 550 g/mol. The highest BCUT2D eigenvalue weighted by Crippen LogP contribution is 2.31. The number of carbonyl (C=O) groups excluding carboxylic acids is 2. The standard InChI is InChI=1S/C24H22ClF3N6O4/c1-13-11-15(25)7-8-18(13)37-14(2)20(35)29-9-10-30-21(36)22-32-19(33-38-22)12-34-17-6-4-3-5-16(17)31-23(34)24(26,27)28/h3-8,11,14H,9-10,12H2,1-2H3,(H,29,35)(H,30,36). The molecule has 4 aromatic rings. The Balaban J connectivity index is 1.29. The van der Waals surface area contributed by atoms with Crippen molar-refractivity contribution in [1.29, 1.82) is 0 Å². The molecule has 2 aromatic carbocycles. The number of imidazole rings is 1. The van der Waals surface area contributed by atoms with Crippen molar-refractivity contribution in [3.05, 3.63) is 70.6 Å². The third kappa shape index (κ3) is 6.22. The van der Waals surface area contributed by atoms with E-state index in [0.717, 1.165) is 10.1 Å². The molecule has 2 heterocycles. The molecule has 14 heteroatoms. The Bertz CT molecular complexity index is 1470. The zero-order valence-corrected chi connectivity index (χ0v) is 20.9. The molecule has 0 spiro atoms. The summed E-state index contributed by atoms with van der Waals surface area (Å²) in [6, 6.07) is 11.1. The molecule has 0 saturated heterocycles. The van der Waals surface area contributed by atoms with Gasteiger partial charge in [0, 0.05) is 18.1 Å². The molecule has 1 atom stereocenters. The summed E-state index contributed by atoms with van der Waals surface area (Å²) < 4.78 is 51.9. The summed E-state index contributed by atoms with van der Waals surface area (Å²) in [6.45, 7) is 3.08. The molecule has 2 N–H and O–H groups in total. The van der Waals surface area contributed by atoms with Crippen LogP contribution in [0.2, 0.25) is 5.02 Å². The van der Waals surface area contributed by atoms with Crippen LogP contribution in [0.1, 0.15) is 34.8 Å². The molecule has 0 radical (unpaired) electrons. The molecule has 4 rings (SSSR count). The van der Waals surface area contributed by atoms with Crippen LogP contribution in [0.25, 0.3) is 11.0 Å². The van der Waals surface area contributed by atoms with E-state index in [1.54, 1.807) is 44.2 Å². The molecule has 0 bridgehead atoms. The van der Waals surface area contributed by atoms with Gasteiger partial charge >= 0.3 is 18.0 Å². The second kappa shape index (κ2) is 11.1. The fourth-order valence-corrected chi connectivity index (χ4v) is 3.80. The topological polar surface area (TPSA) is 124 Å². The predicted molar refractivity (Wildman–Crippen MR) is 130 cm³/mol. The Kier molecular flexibility index (Phi) is 7.86. The van der Waals surface area contributed by atoms with Crippen LogP contribution in [-0.2, 0) is 17.5 Å². The van der Waals surface area contributed by atoms with Crippen LogP contribution in [0.5, 0.6) is 5.75 Å². The Morgan fingerprint density at radius 1 is 1.13 bits per heavy atom. The van der Waals surface area contributed by atoms with Crippen LogP contribution in [0.3, 0.4) is 0 Å². The van der Waals surface area contributed by atoms with Crippen molar-refractivity contribution in [2.24, 2.45) is 0 Å². The third-order valence-electron chi connectivity index (χ3n) is 5.39. The van der Waals surface area contributed by atoms with Crippen LogP contribution in [0, 0.1) is 6.92 Å². The zero-order chi connectivity index (χ0) is 27.4. The quantitative estimate of drug-likeness (QED) is 0.304. The summed E-state index contributed by atoms with van der Waals surface area (Å²) in [5, 5.41) is 9.29. The van der Waals surface area contributed by atoms with Crippen molar-refractivity contribution in [2.75, 3.05) is 13.1 Å². The number of benzene rings is 2. The zero-order valence-electron chi connectivity index (χ0n) is 20.2. The van der Waals surface area contributed by atoms with Gasteiger partial charge in [0.1, 0.15) is 5.75 Å². The average molecular weight is 551 g/mol. The summed E-state index contributed by atoms with van der Waals surface area (Å²) in [7, 11) is 0. The predicted octanol–water partition coefficient (Wildman–Crippen LogP) is 3.76. The Morgan fingerprint density at radius 2 is 1.87 bits per heavy atom. The molecular formula is C24H22ClF3N6O4. The number of hydrogen-bond donors (Lipinski definition) is 2. The maximum Gasteiger partial charge on any atom is 0.449 e. The lowest BCUT2D eigenvalue weighted by Crippen LogP contribution is -2.40. The highest BCUT2D eigenvalue weighted by atomic mass is 35.5. The Labute approximate surface area is 219 Å². The van der Waals surface area contributed by atoms with Gasteiger partial charge in [-0.2, -0.15) is 18.2 Å². The summed E-state index contributed by atoms with van der Waals surface area (Å²) in [6.07, 6.45) is -5.51. The number of nitrogens with zero attached hydrogens (tertiary/aromatic N) is 4. The van der Waals surface area contributed by atoms with Gasteiger partial charge in [0.2, 0.25) is 5.82 Å². The van der Waals surface area contributed by atoms with Crippen molar-refractivity contribution in [2.45, 2.75) is 32.7 Å². The molecule has 0 fully saturated rings. The number of fused-ring (bicyclic) bond motifs is 1. The Hall–Kier alpha value is -4.13. The Morgan fingerprint density at radius 3 is 2.61 bits per heavy atom. The van der Waals surface area contributed by atoms with Gasteiger partial charge in [-0.15, -0.1) is 0 Å². The van der Waals surface area contributed by atoms with Crippen LogP contribution < -0.4 is 15.4 Å². The molecule has 0 aliphatic carbocycles. The van der Waals surface area contributed by atoms with Gasteiger partial charge in [0.25, 0.3) is 5.91 Å². The van der Waals surface area contributed by atoms with E-state index < -0.39 is 42.4 Å². The van der Waals surface area contributed by atoms with Gasteiger partial charge < -0.3 is 24.5 Å². The molecule has 10 nitrogen and oxygen atoms in total. The van der Waals surface area contributed by atoms with Crippen LogP contribution >= 0.6 is 11.6 Å².